The van der Waals surface area contributed by atoms with Gasteiger partial charge < -0.3 is 9.80 Å². The summed E-state index contributed by atoms with van der Waals surface area (Å²) in [5, 5.41) is 3.17. The highest BCUT2D eigenvalue weighted by molar-refractivity contribution is 6.12. The zero-order chi connectivity index (χ0) is 34.7. The molecule has 6 heteroatoms. The van der Waals surface area contributed by atoms with Crippen molar-refractivity contribution in [2.24, 2.45) is 0 Å². The second-order valence-electron chi connectivity index (χ2n) is 12.8. The van der Waals surface area contributed by atoms with Crippen LogP contribution in [0.25, 0.3) is 44.1 Å². The Morgan fingerprint density at radius 2 is 1.10 bits per heavy atom. The van der Waals surface area contributed by atoms with Crippen LogP contribution in [0.4, 0.5) is 47.3 Å². The quantitative estimate of drug-likeness (QED) is 0.186. The Morgan fingerprint density at radius 1 is 0.510 bits per heavy atom. The van der Waals surface area contributed by atoms with Crippen LogP contribution in [0.3, 0.4) is 0 Å². The van der Waals surface area contributed by atoms with E-state index in [0.29, 0.717) is 11.3 Å². The molecule has 0 N–H and O–H groups in total. The van der Waals surface area contributed by atoms with Crippen molar-refractivity contribution in [1.29, 1.82) is 0 Å². The molecule has 0 saturated carbocycles. The fourth-order valence-corrected chi connectivity index (χ4v) is 7.39. The summed E-state index contributed by atoms with van der Waals surface area (Å²) in [4.78, 5) is 9.87. The fraction of sp³-hybridized carbons (Fsp3) is 0.0444. The Balaban J connectivity index is 1.35. The molecule has 0 aliphatic carbocycles. The number of nitrogens with zero attached hydrogens (tertiary/aromatic N) is 3. The maximum atomic E-state index is 13.6. The second kappa shape index (κ2) is 11.9. The number of fused-ring (bicyclic) bond motifs is 4. The molecule has 9 rings (SSSR count). The first-order chi connectivity index (χ1) is 24.9. The van der Waals surface area contributed by atoms with Crippen LogP contribution < -0.4 is 9.80 Å². The minimum absolute atomic E-state index is 0.593. The van der Waals surface area contributed by atoms with Crippen molar-refractivity contribution in [3.63, 3.8) is 0 Å². The van der Waals surface area contributed by atoms with Gasteiger partial charge in [-0.25, -0.2) is 4.98 Å². The lowest BCUT2D eigenvalue weighted by Gasteiger charge is -2.40. The number of anilines is 6. The molecule has 0 saturated heterocycles. The lowest BCUT2D eigenvalue weighted by Crippen LogP contribution is -2.24. The van der Waals surface area contributed by atoms with E-state index in [-0.39, 0.29) is 0 Å². The van der Waals surface area contributed by atoms with Gasteiger partial charge >= 0.3 is 6.18 Å². The number of pyridine rings is 1. The second-order valence-corrected chi connectivity index (χ2v) is 12.8. The summed E-state index contributed by atoms with van der Waals surface area (Å²) in [5.41, 5.74) is 10.2. The summed E-state index contributed by atoms with van der Waals surface area (Å²) >= 11 is 0. The molecule has 246 valence electrons. The molecule has 2 heterocycles. The van der Waals surface area contributed by atoms with E-state index in [2.05, 4.69) is 95.6 Å². The van der Waals surface area contributed by atoms with Gasteiger partial charge in [-0.2, -0.15) is 13.2 Å². The van der Waals surface area contributed by atoms with Crippen LogP contribution in [-0.4, -0.2) is 4.98 Å². The average Bonchev–Trinajstić information content (AvgIpc) is 3.17. The number of benzene rings is 7. The van der Waals surface area contributed by atoms with Crippen molar-refractivity contribution in [3.8, 4) is 22.4 Å². The van der Waals surface area contributed by atoms with Gasteiger partial charge in [-0.3, -0.25) is 0 Å². The molecule has 51 heavy (non-hydrogen) atoms. The smallest absolute Gasteiger partial charge is 0.306 e. The Kier molecular flexibility index (Phi) is 7.14. The summed E-state index contributed by atoms with van der Waals surface area (Å²) in [6.45, 7) is 2.09. The number of rotatable bonds is 4. The zero-order valence-electron chi connectivity index (χ0n) is 27.6. The monoisotopic (exact) mass is 669 g/mol. The molecule has 1 aliphatic rings. The molecule has 0 amide bonds. The van der Waals surface area contributed by atoms with Gasteiger partial charge in [-0.15, -0.1) is 0 Å². The minimum Gasteiger partial charge on any atom is -0.306 e. The van der Waals surface area contributed by atoms with E-state index in [9.17, 15) is 13.2 Å². The van der Waals surface area contributed by atoms with E-state index >= 15 is 0 Å². The number of hydrogen-bond donors (Lipinski definition) is 0. The van der Waals surface area contributed by atoms with Gasteiger partial charge in [0.05, 0.1) is 45.2 Å². The first-order valence-corrected chi connectivity index (χ1v) is 16.8. The molecule has 1 aromatic heterocycles. The maximum absolute atomic E-state index is 13.6. The third kappa shape index (κ3) is 5.10. The van der Waals surface area contributed by atoms with Crippen LogP contribution in [0.15, 0.2) is 164 Å². The number of alkyl halides is 3. The predicted octanol–water partition coefficient (Wildman–Crippen LogP) is 13.3. The van der Waals surface area contributed by atoms with Crippen molar-refractivity contribution in [2.75, 3.05) is 9.80 Å². The summed E-state index contributed by atoms with van der Waals surface area (Å²) < 4.78 is 40.9. The molecule has 0 radical (unpaired) electrons. The topological polar surface area (TPSA) is 19.4 Å². The molecule has 0 bridgehead atoms. The highest BCUT2D eigenvalue weighted by atomic mass is 19.4. The molecule has 0 spiro atoms. The molecule has 8 aromatic rings. The molecule has 0 fully saturated rings. The van der Waals surface area contributed by atoms with E-state index < -0.39 is 11.7 Å². The van der Waals surface area contributed by atoms with Crippen molar-refractivity contribution >= 4 is 55.8 Å². The first-order valence-electron chi connectivity index (χ1n) is 16.8. The van der Waals surface area contributed by atoms with E-state index in [1.807, 2.05) is 60.7 Å². The largest absolute Gasteiger partial charge is 0.416 e. The average molecular weight is 670 g/mol. The fourth-order valence-electron chi connectivity index (χ4n) is 7.39. The normalized spacial score (nSPS) is 12.6. The third-order valence-electron chi connectivity index (χ3n) is 9.72. The molecule has 7 aromatic carbocycles. The molecular formula is C45H30F3N3. The van der Waals surface area contributed by atoms with Gasteiger partial charge in [0, 0.05) is 16.6 Å². The molecular weight excluding hydrogens is 640 g/mol. The third-order valence-corrected chi connectivity index (χ3v) is 9.72. The summed E-state index contributed by atoms with van der Waals surface area (Å²) in [6, 6.07) is 53.1. The van der Waals surface area contributed by atoms with Crippen LogP contribution in [0.2, 0.25) is 0 Å². The Bertz CT molecular complexity index is 2540. The van der Waals surface area contributed by atoms with Gasteiger partial charge in [0.15, 0.2) is 0 Å². The highest BCUT2D eigenvalue weighted by Crippen LogP contribution is 2.55. The maximum Gasteiger partial charge on any atom is 0.416 e. The summed E-state index contributed by atoms with van der Waals surface area (Å²) in [5.74, 6) is 0. The van der Waals surface area contributed by atoms with Gasteiger partial charge in [-0.05, 0) is 95.1 Å². The number of aromatic nitrogens is 1. The van der Waals surface area contributed by atoms with Crippen molar-refractivity contribution in [2.45, 2.75) is 13.1 Å². The van der Waals surface area contributed by atoms with Crippen molar-refractivity contribution < 1.29 is 13.2 Å². The van der Waals surface area contributed by atoms with Gasteiger partial charge in [0.2, 0.25) is 0 Å². The van der Waals surface area contributed by atoms with E-state index in [1.54, 1.807) is 0 Å². The van der Waals surface area contributed by atoms with Gasteiger partial charge in [-0.1, -0.05) is 103 Å². The van der Waals surface area contributed by atoms with Crippen molar-refractivity contribution in [1.82, 2.24) is 4.98 Å². The molecule has 3 nitrogen and oxygen atoms in total. The number of para-hydroxylation sites is 5. The minimum atomic E-state index is -4.43. The lowest BCUT2D eigenvalue weighted by atomic mass is 9.91. The Hall–Kier alpha value is -6.40. The van der Waals surface area contributed by atoms with Gasteiger partial charge in [0.25, 0.3) is 0 Å². The first kappa shape index (κ1) is 30.6. The van der Waals surface area contributed by atoms with Crippen LogP contribution in [0.1, 0.15) is 11.1 Å². The van der Waals surface area contributed by atoms with Crippen LogP contribution in [-0.2, 0) is 6.18 Å². The number of hydrogen-bond acceptors (Lipinski definition) is 3. The zero-order valence-corrected chi connectivity index (χ0v) is 27.6. The number of halogens is 3. The van der Waals surface area contributed by atoms with E-state index in [1.165, 1.54) is 12.1 Å². The summed E-state index contributed by atoms with van der Waals surface area (Å²) in [6.07, 6.45) is -4.43. The SMILES string of the molecule is Cc1ccc(N2c3ccccc3N(c3ccccc3)c3ccccc32)c2nc(-c3ccc(C(F)(F)F)cc3)cc(-c3cccc4ccccc34)c12. The Morgan fingerprint density at radius 3 is 1.76 bits per heavy atom. The standard InChI is InChI=1S/C45H30F3N3/c1-29-22-27-42(51-40-20-9-7-18-38(40)50(33-14-3-2-4-15-33)39-19-8-10-21-41(39)51)44-43(29)36(35-17-11-13-30-12-5-6-16-34(30)35)28-37(49-44)31-23-25-32(26-24-31)45(46,47)48/h2-28H,1H3. The predicted molar refractivity (Wildman–Crippen MR) is 203 cm³/mol. The van der Waals surface area contributed by atoms with E-state index in [4.69, 9.17) is 4.98 Å². The molecule has 1 aliphatic heterocycles. The van der Waals surface area contributed by atoms with Crippen molar-refractivity contribution in [3.05, 3.63) is 175 Å². The van der Waals surface area contributed by atoms with Gasteiger partial charge in [0.1, 0.15) is 0 Å². The molecule has 0 atom stereocenters. The molecule has 0 unspecified atom stereocenters. The summed E-state index contributed by atoms with van der Waals surface area (Å²) in [7, 11) is 0. The van der Waals surface area contributed by atoms with Crippen LogP contribution in [0, 0.1) is 6.92 Å². The number of aryl methyl sites for hydroxylation is 1. The van der Waals surface area contributed by atoms with Crippen LogP contribution >= 0.6 is 0 Å². The highest BCUT2D eigenvalue weighted by Gasteiger charge is 2.32. The van der Waals surface area contributed by atoms with E-state index in [0.717, 1.165) is 84.6 Å². The van der Waals surface area contributed by atoms with Crippen LogP contribution in [0.5, 0.6) is 0 Å². The lowest BCUT2D eigenvalue weighted by molar-refractivity contribution is -0.137. The Labute approximate surface area is 293 Å².